The van der Waals surface area contributed by atoms with Gasteiger partial charge in [0.1, 0.15) is 6.17 Å². The third-order valence-corrected chi connectivity index (χ3v) is 2.41. The van der Waals surface area contributed by atoms with Crippen LogP contribution in [0.25, 0.3) is 0 Å². The highest BCUT2D eigenvalue weighted by molar-refractivity contribution is 9.10. The molecule has 4 nitrogen and oxygen atoms in total. The van der Waals surface area contributed by atoms with Gasteiger partial charge >= 0.3 is 0 Å². The number of rotatable bonds is 3. The number of benzene rings is 1. The molecule has 1 atom stereocenters. The number of nitro benzene ring substituents is 1. The molecule has 0 saturated carbocycles. The third kappa shape index (κ3) is 2.27. The van der Waals surface area contributed by atoms with E-state index in [9.17, 15) is 14.5 Å². The van der Waals surface area contributed by atoms with Crippen LogP contribution in [0.3, 0.4) is 0 Å². The Morgan fingerprint density at radius 2 is 2.29 bits per heavy atom. The van der Waals surface area contributed by atoms with Crippen LogP contribution in [0.1, 0.15) is 11.7 Å². The van der Waals surface area contributed by atoms with Gasteiger partial charge in [-0.3, -0.25) is 10.1 Å². The van der Waals surface area contributed by atoms with Crippen molar-refractivity contribution in [3.8, 4) is 0 Å². The van der Waals surface area contributed by atoms with Gasteiger partial charge in [-0.15, -0.1) is 0 Å². The fourth-order valence-electron chi connectivity index (χ4n) is 1.00. The minimum absolute atomic E-state index is 0.154. The molecule has 1 unspecified atom stereocenters. The van der Waals surface area contributed by atoms with E-state index in [1.807, 2.05) is 0 Å². The zero-order valence-corrected chi connectivity index (χ0v) is 8.70. The van der Waals surface area contributed by atoms with E-state index in [1.165, 1.54) is 18.2 Å². The number of halogens is 2. The van der Waals surface area contributed by atoms with Gasteiger partial charge in [0, 0.05) is 12.6 Å². The highest BCUT2D eigenvalue weighted by Crippen LogP contribution is 2.28. The molecule has 0 aliphatic rings. The smallest absolute Gasteiger partial charge is 0.283 e. The number of nitrogens with two attached hydrogens (primary N) is 1. The van der Waals surface area contributed by atoms with E-state index in [0.717, 1.165) is 0 Å². The predicted octanol–water partition coefficient (Wildman–Crippen LogP) is 2.33. The van der Waals surface area contributed by atoms with Crippen molar-refractivity contribution in [2.24, 2.45) is 5.73 Å². The predicted molar refractivity (Wildman–Crippen MR) is 53.7 cm³/mol. The summed E-state index contributed by atoms with van der Waals surface area (Å²) in [5, 5.41) is 10.5. The van der Waals surface area contributed by atoms with E-state index in [-0.39, 0.29) is 17.8 Å². The first-order valence-electron chi connectivity index (χ1n) is 3.84. The summed E-state index contributed by atoms with van der Waals surface area (Å²) in [5.74, 6) is 0. The average Bonchev–Trinajstić information content (AvgIpc) is 2.17. The van der Waals surface area contributed by atoms with Gasteiger partial charge in [0.25, 0.3) is 5.69 Å². The molecule has 1 aromatic carbocycles. The molecular weight excluding hydrogens is 255 g/mol. The molecule has 0 radical (unpaired) electrons. The van der Waals surface area contributed by atoms with Crippen LogP contribution in [0.5, 0.6) is 0 Å². The van der Waals surface area contributed by atoms with E-state index in [4.69, 9.17) is 5.73 Å². The molecule has 0 aliphatic heterocycles. The molecule has 0 aliphatic carbocycles. The second kappa shape index (κ2) is 4.47. The summed E-state index contributed by atoms with van der Waals surface area (Å²) < 4.78 is 13.4. The van der Waals surface area contributed by atoms with Crippen LogP contribution in [0.15, 0.2) is 22.7 Å². The number of alkyl halides is 1. The Hall–Kier alpha value is -1.01. The van der Waals surface area contributed by atoms with Gasteiger partial charge < -0.3 is 5.73 Å². The van der Waals surface area contributed by atoms with Crippen molar-refractivity contribution < 1.29 is 9.31 Å². The lowest BCUT2D eigenvalue weighted by molar-refractivity contribution is -0.385. The maximum Gasteiger partial charge on any atom is 0.283 e. The first-order valence-corrected chi connectivity index (χ1v) is 4.63. The third-order valence-electron chi connectivity index (χ3n) is 1.74. The van der Waals surface area contributed by atoms with Crippen molar-refractivity contribution in [2.75, 3.05) is 6.54 Å². The van der Waals surface area contributed by atoms with Crippen LogP contribution >= 0.6 is 15.9 Å². The summed E-state index contributed by atoms with van der Waals surface area (Å²) in [7, 11) is 0. The molecule has 1 rings (SSSR count). The lowest BCUT2D eigenvalue weighted by Gasteiger charge is -2.05. The van der Waals surface area contributed by atoms with Gasteiger partial charge in [-0.05, 0) is 27.6 Å². The van der Waals surface area contributed by atoms with Crippen LogP contribution in [0.4, 0.5) is 10.1 Å². The van der Waals surface area contributed by atoms with E-state index in [2.05, 4.69) is 15.9 Å². The van der Waals surface area contributed by atoms with Gasteiger partial charge in [0.15, 0.2) is 0 Å². The van der Waals surface area contributed by atoms with Gasteiger partial charge in [-0.1, -0.05) is 6.07 Å². The summed E-state index contributed by atoms with van der Waals surface area (Å²) in [5.41, 5.74) is 5.18. The minimum atomic E-state index is -1.36. The van der Waals surface area contributed by atoms with Crippen LogP contribution in [-0.4, -0.2) is 11.5 Å². The standard InChI is InChI=1S/C8H8BrFN2O2/c9-6-2-1-5(7(10)4-11)3-8(6)12(13)14/h1-3,7H,4,11H2. The molecule has 0 fully saturated rings. The quantitative estimate of drug-likeness (QED) is 0.672. The summed E-state index contributed by atoms with van der Waals surface area (Å²) in [4.78, 5) is 9.93. The number of hydrogen-bond donors (Lipinski definition) is 1. The fraction of sp³-hybridized carbons (Fsp3) is 0.250. The van der Waals surface area contributed by atoms with Crippen molar-refractivity contribution in [3.63, 3.8) is 0 Å². The van der Waals surface area contributed by atoms with E-state index >= 15 is 0 Å². The second-order valence-corrected chi connectivity index (χ2v) is 3.53. The normalized spacial score (nSPS) is 12.5. The maximum absolute atomic E-state index is 13.1. The Morgan fingerprint density at radius 1 is 1.64 bits per heavy atom. The monoisotopic (exact) mass is 262 g/mol. The van der Waals surface area contributed by atoms with Gasteiger partial charge in [0.05, 0.1) is 9.40 Å². The molecule has 76 valence electrons. The topological polar surface area (TPSA) is 69.2 Å². The SMILES string of the molecule is NCC(F)c1ccc(Br)c([N+](=O)[O-])c1. The van der Waals surface area contributed by atoms with Gasteiger partial charge in [-0.2, -0.15) is 0 Å². The minimum Gasteiger partial charge on any atom is -0.327 e. The summed E-state index contributed by atoms with van der Waals surface area (Å²) in [6.07, 6.45) is -1.36. The maximum atomic E-state index is 13.1. The Kier molecular flexibility index (Phi) is 3.54. The molecule has 0 heterocycles. The Morgan fingerprint density at radius 3 is 2.79 bits per heavy atom. The van der Waals surface area contributed by atoms with E-state index in [0.29, 0.717) is 4.47 Å². The van der Waals surface area contributed by atoms with Crippen molar-refractivity contribution in [1.29, 1.82) is 0 Å². The highest BCUT2D eigenvalue weighted by Gasteiger charge is 2.16. The molecule has 0 amide bonds. The molecule has 0 bridgehead atoms. The van der Waals surface area contributed by atoms with Crippen LogP contribution < -0.4 is 5.73 Å². The second-order valence-electron chi connectivity index (χ2n) is 2.67. The lowest BCUT2D eigenvalue weighted by Crippen LogP contribution is -2.07. The molecular formula is C8H8BrFN2O2. The van der Waals surface area contributed by atoms with Crippen LogP contribution in [-0.2, 0) is 0 Å². The van der Waals surface area contributed by atoms with Crippen LogP contribution in [0.2, 0.25) is 0 Å². The Balaban J connectivity index is 3.12. The van der Waals surface area contributed by atoms with E-state index in [1.54, 1.807) is 0 Å². The van der Waals surface area contributed by atoms with Crippen molar-refractivity contribution in [2.45, 2.75) is 6.17 Å². The molecule has 2 N–H and O–H groups in total. The van der Waals surface area contributed by atoms with Crippen LogP contribution in [0, 0.1) is 10.1 Å². The molecule has 14 heavy (non-hydrogen) atoms. The van der Waals surface area contributed by atoms with Gasteiger partial charge in [0.2, 0.25) is 0 Å². The highest BCUT2D eigenvalue weighted by atomic mass is 79.9. The Labute approximate surface area is 88.2 Å². The van der Waals surface area contributed by atoms with Gasteiger partial charge in [-0.25, -0.2) is 4.39 Å². The number of hydrogen-bond acceptors (Lipinski definition) is 3. The van der Waals surface area contributed by atoms with Crippen molar-refractivity contribution in [1.82, 2.24) is 0 Å². The Bertz CT molecular complexity index is 359. The lowest BCUT2D eigenvalue weighted by atomic mass is 10.1. The zero-order chi connectivity index (χ0) is 10.7. The van der Waals surface area contributed by atoms with Crippen molar-refractivity contribution >= 4 is 21.6 Å². The average molecular weight is 263 g/mol. The number of nitro groups is 1. The first-order chi connectivity index (χ1) is 6.56. The number of nitrogens with zero attached hydrogens (tertiary/aromatic N) is 1. The molecule has 0 spiro atoms. The summed E-state index contributed by atoms with van der Waals surface area (Å²) >= 11 is 3.01. The largest absolute Gasteiger partial charge is 0.327 e. The molecule has 1 aromatic rings. The van der Waals surface area contributed by atoms with E-state index < -0.39 is 11.1 Å². The summed E-state index contributed by atoms with van der Waals surface area (Å²) in [6, 6.07) is 4.09. The van der Waals surface area contributed by atoms with Crippen molar-refractivity contribution in [3.05, 3.63) is 38.3 Å². The zero-order valence-electron chi connectivity index (χ0n) is 7.11. The summed E-state index contributed by atoms with van der Waals surface area (Å²) in [6.45, 7) is -0.182. The fourth-order valence-corrected chi connectivity index (χ4v) is 1.39. The molecule has 0 aromatic heterocycles. The molecule has 0 saturated heterocycles. The molecule has 6 heteroatoms. The first kappa shape index (κ1) is 11.1.